The van der Waals surface area contributed by atoms with Crippen LogP contribution in [0.1, 0.15) is 22.3 Å². The Morgan fingerprint density at radius 3 is 2.11 bits per heavy atom. The highest BCUT2D eigenvalue weighted by atomic mass is 16.5. The summed E-state index contributed by atoms with van der Waals surface area (Å²) in [5.41, 5.74) is 10.3. The van der Waals surface area contributed by atoms with Gasteiger partial charge in [-0.1, -0.05) is 0 Å². The third-order valence-electron chi connectivity index (χ3n) is 3.68. The van der Waals surface area contributed by atoms with Gasteiger partial charge >= 0.3 is 0 Å². The standard InChI is InChI=1S/C14H17N3O2/c1-8-5-6-16(18)13(9(8)2)14-11(4)10(3)12(15)7-17(14)19/h5-7H,15H2,1-4H3. The van der Waals surface area contributed by atoms with Crippen LogP contribution in [0.2, 0.25) is 0 Å². The number of nitrogens with zero attached hydrogens (tertiary/aromatic N) is 2. The van der Waals surface area contributed by atoms with Crippen LogP contribution in [0, 0.1) is 38.1 Å². The normalized spacial score (nSPS) is 10.7. The lowest BCUT2D eigenvalue weighted by Crippen LogP contribution is -2.39. The first-order valence-corrected chi connectivity index (χ1v) is 6.03. The summed E-state index contributed by atoms with van der Waals surface area (Å²) >= 11 is 0. The lowest BCUT2D eigenvalue weighted by atomic mass is 10.0. The quantitative estimate of drug-likeness (QED) is 0.621. The zero-order valence-electron chi connectivity index (χ0n) is 11.5. The zero-order chi connectivity index (χ0) is 14.3. The molecule has 2 heterocycles. The van der Waals surface area contributed by atoms with Crippen LogP contribution in [0.5, 0.6) is 0 Å². The zero-order valence-corrected chi connectivity index (χ0v) is 11.5. The Hall–Kier alpha value is -2.30. The van der Waals surface area contributed by atoms with Crippen LogP contribution in [-0.2, 0) is 0 Å². The highest BCUT2D eigenvalue weighted by Crippen LogP contribution is 2.25. The van der Waals surface area contributed by atoms with Gasteiger partial charge in [-0.05, 0) is 38.8 Å². The lowest BCUT2D eigenvalue weighted by molar-refractivity contribution is -0.625. The number of nitrogen functional groups attached to an aromatic ring is 1. The predicted octanol–water partition coefficient (Wildman–Crippen LogP) is 1.44. The molecule has 0 radical (unpaired) electrons. The Bertz CT molecular complexity index is 666. The summed E-state index contributed by atoms with van der Waals surface area (Å²) in [7, 11) is 0. The molecular weight excluding hydrogens is 242 g/mol. The van der Waals surface area contributed by atoms with Crippen LogP contribution in [0.4, 0.5) is 5.69 Å². The Balaban J connectivity index is 2.88. The van der Waals surface area contributed by atoms with Crippen molar-refractivity contribution in [1.82, 2.24) is 0 Å². The van der Waals surface area contributed by atoms with Crippen LogP contribution in [-0.4, -0.2) is 0 Å². The van der Waals surface area contributed by atoms with Crippen molar-refractivity contribution in [2.24, 2.45) is 0 Å². The number of hydrogen-bond acceptors (Lipinski definition) is 3. The maximum absolute atomic E-state index is 12.1. The molecule has 0 spiro atoms. The van der Waals surface area contributed by atoms with E-state index in [0.717, 1.165) is 27.0 Å². The van der Waals surface area contributed by atoms with Crippen LogP contribution < -0.4 is 15.2 Å². The highest BCUT2D eigenvalue weighted by molar-refractivity contribution is 5.63. The van der Waals surface area contributed by atoms with Crippen molar-refractivity contribution in [2.75, 3.05) is 5.73 Å². The van der Waals surface area contributed by atoms with Crippen molar-refractivity contribution in [3.8, 4) is 11.4 Å². The lowest BCUT2D eigenvalue weighted by Gasteiger charge is -2.13. The van der Waals surface area contributed by atoms with Crippen LogP contribution in [0.3, 0.4) is 0 Å². The Kier molecular flexibility index (Phi) is 3.06. The van der Waals surface area contributed by atoms with E-state index in [1.807, 2.05) is 20.8 Å². The monoisotopic (exact) mass is 259 g/mol. The van der Waals surface area contributed by atoms with Crippen LogP contribution in [0.15, 0.2) is 18.5 Å². The molecule has 0 saturated heterocycles. The van der Waals surface area contributed by atoms with E-state index in [9.17, 15) is 10.4 Å². The molecule has 0 bridgehead atoms. The van der Waals surface area contributed by atoms with Crippen molar-refractivity contribution in [3.05, 3.63) is 51.1 Å². The topological polar surface area (TPSA) is 79.9 Å². The first-order chi connectivity index (χ1) is 8.84. The summed E-state index contributed by atoms with van der Waals surface area (Å²) < 4.78 is 1.41. The van der Waals surface area contributed by atoms with Crippen molar-refractivity contribution in [3.63, 3.8) is 0 Å². The molecule has 0 atom stereocenters. The maximum atomic E-state index is 12.1. The highest BCUT2D eigenvalue weighted by Gasteiger charge is 2.27. The van der Waals surface area contributed by atoms with E-state index in [-0.39, 0.29) is 0 Å². The molecule has 0 aliphatic carbocycles. The molecule has 2 N–H and O–H groups in total. The third-order valence-corrected chi connectivity index (χ3v) is 3.68. The van der Waals surface area contributed by atoms with Crippen molar-refractivity contribution in [2.45, 2.75) is 27.7 Å². The van der Waals surface area contributed by atoms with Gasteiger partial charge in [0.25, 0.3) is 11.4 Å². The van der Waals surface area contributed by atoms with Gasteiger partial charge in [0.1, 0.15) is 5.69 Å². The van der Waals surface area contributed by atoms with E-state index in [4.69, 9.17) is 5.73 Å². The second-order valence-electron chi connectivity index (χ2n) is 4.81. The molecule has 0 saturated carbocycles. The Morgan fingerprint density at radius 1 is 0.895 bits per heavy atom. The maximum Gasteiger partial charge on any atom is 0.293 e. The Morgan fingerprint density at radius 2 is 1.47 bits per heavy atom. The summed E-state index contributed by atoms with van der Waals surface area (Å²) in [6, 6.07) is 1.74. The van der Waals surface area contributed by atoms with Gasteiger partial charge in [0.05, 0.1) is 0 Å². The molecule has 2 aromatic rings. The largest absolute Gasteiger partial charge is 0.618 e. The first-order valence-electron chi connectivity index (χ1n) is 6.03. The molecule has 0 aliphatic rings. The predicted molar refractivity (Wildman–Crippen MR) is 73.2 cm³/mol. The molecule has 2 aromatic heterocycles. The molecule has 100 valence electrons. The van der Waals surface area contributed by atoms with Gasteiger partial charge in [-0.15, -0.1) is 0 Å². The minimum atomic E-state index is 0.364. The summed E-state index contributed by atoms with van der Waals surface area (Å²) in [5.74, 6) is 0. The van der Waals surface area contributed by atoms with E-state index in [1.165, 1.54) is 12.4 Å². The fraction of sp³-hybridized carbons (Fsp3) is 0.286. The smallest absolute Gasteiger partial charge is 0.293 e. The SMILES string of the molecule is Cc1cc[n+]([O-])c(-c2c(C)c(C)c(N)c[n+]2[O-])c1C. The van der Waals surface area contributed by atoms with Crippen LogP contribution >= 0.6 is 0 Å². The average molecular weight is 259 g/mol. The number of pyridine rings is 2. The van der Waals surface area contributed by atoms with Crippen molar-refractivity contribution >= 4 is 5.69 Å². The number of rotatable bonds is 1. The van der Waals surface area contributed by atoms with E-state index >= 15 is 0 Å². The van der Waals surface area contributed by atoms with E-state index in [0.29, 0.717) is 21.8 Å². The number of nitrogens with two attached hydrogens (primary N) is 1. The van der Waals surface area contributed by atoms with E-state index < -0.39 is 0 Å². The number of aryl methyl sites for hydroxylation is 1. The number of aromatic nitrogens is 2. The van der Waals surface area contributed by atoms with Gasteiger partial charge in [0, 0.05) is 17.2 Å². The third kappa shape index (κ3) is 1.97. The van der Waals surface area contributed by atoms with Gasteiger partial charge < -0.3 is 16.1 Å². The van der Waals surface area contributed by atoms with Crippen molar-refractivity contribution < 1.29 is 9.46 Å². The summed E-state index contributed by atoms with van der Waals surface area (Å²) in [6.45, 7) is 7.39. The second-order valence-corrected chi connectivity index (χ2v) is 4.81. The summed E-state index contributed by atoms with van der Waals surface area (Å²) in [4.78, 5) is 0. The summed E-state index contributed by atoms with van der Waals surface area (Å²) in [5, 5.41) is 24.1. The van der Waals surface area contributed by atoms with Gasteiger partial charge in [-0.3, -0.25) is 0 Å². The number of anilines is 1. The van der Waals surface area contributed by atoms with E-state index in [2.05, 4.69) is 0 Å². The first kappa shape index (κ1) is 13.1. The molecule has 5 nitrogen and oxygen atoms in total. The van der Waals surface area contributed by atoms with Gasteiger partial charge in [-0.25, -0.2) is 0 Å². The Labute approximate surface area is 112 Å². The minimum absolute atomic E-state index is 0.364. The van der Waals surface area contributed by atoms with Gasteiger partial charge in [0.2, 0.25) is 6.20 Å². The molecule has 0 aromatic carbocycles. The molecule has 19 heavy (non-hydrogen) atoms. The van der Waals surface area contributed by atoms with Gasteiger partial charge in [-0.2, -0.15) is 9.46 Å². The van der Waals surface area contributed by atoms with Gasteiger partial charge in [0.15, 0.2) is 6.20 Å². The summed E-state index contributed by atoms with van der Waals surface area (Å²) in [6.07, 6.45) is 2.72. The molecule has 0 unspecified atom stereocenters. The minimum Gasteiger partial charge on any atom is -0.618 e. The molecular formula is C14H17N3O2. The van der Waals surface area contributed by atoms with E-state index in [1.54, 1.807) is 13.0 Å². The molecule has 5 heteroatoms. The second kappa shape index (κ2) is 4.42. The molecule has 0 fully saturated rings. The fourth-order valence-corrected chi connectivity index (χ4v) is 2.14. The number of hydrogen-bond donors (Lipinski definition) is 1. The molecule has 0 aliphatic heterocycles. The van der Waals surface area contributed by atoms with Crippen LogP contribution in [0.25, 0.3) is 11.4 Å². The average Bonchev–Trinajstić information content (AvgIpc) is 2.35. The fourth-order valence-electron chi connectivity index (χ4n) is 2.14. The molecule has 2 rings (SSSR count). The molecule has 0 amide bonds. The van der Waals surface area contributed by atoms with Crippen molar-refractivity contribution in [1.29, 1.82) is 0 Å².